The van der Waals surface area contributed by atoms with E-state index in [1.807, 2.05) is 0 Å². The first kappa shape index (κ1) is 18.2. The molecular weight excluding hydrogens is 297 g/mol. The van der Waals surface area contributed by atoms with Gasteiger partial charge in [0.2, 0.25) is 0 Å². The van der Waals surface area contributed by atoms with Crippen molar-refractivity contribution in [1.82, 2.24) is 0 Å². The Labute approximate surface area is 127 Å². The lowest BCUT2D eigenvalue weighted by molar-refractivity contribution is -0.180. The number of esters is 1. The molecule has 0 aliphatic carbocycles. The standard InChI is InChI=1S/C16H19F3O3/c1-2-22-15(21)11-14(20)10-13(16(17,18)19)9-8-12-6-4-3-5-7-12/h3-7,13H,2,8-11H2,1H3/t13-/m1/s1. The number of alkyl halides is 3. The van der Waals surface area contributed by atoms with Crippen LogP contribution in [0, 0.1) is 5.92 Å². The Kier molecular flexibility index (Phi) is 7.08. The molecular formula is C16H19F3O3. The molecule has 0 saturated heterocycles. The van der Waals surface area contributed by atoms with Crippen molar-refractivity contribution >= 4 is 11.8 Å². The summed E-state index contributed by atoms with van der Waals surface area (Å²) in [6.07, 6.45) is -5.69. The highest BCUT2D eigenvalue weighted by molar-refractivity contribution is 5.95. The van der Waals surface area contributed by atoms with Gasteiger partial charge in [0.1, 0.15) is 12.2 Å². The van der Waals surface area contributed by atoms with Crippen LogP contribution in [0.2, 0.25) is 0 Å². The van der Waals surface area contributed by atoms with Crippen LogP contribution in [0.15, 0.2) is 30.3 Å². The molecule has 0 aromatic heterocycles. The van der Waals surface area contributed by atoms with Crippen LogP contribution in [0.5, 0.6) is 0 Å². The van der Waals surface area contributed by atoms with Crippen LogP contribution in [0.25, 0.3) is 0 Å². The molecule has 0 N–H and O–H groups in total. The van der Waals surface area contributed by atoms with Crippen LogP contribution in [0.4, 0.5) is 13.2 Å². The van der Waals surface area contributed by atoms with Crippen molar-refractivity contribution in [3.05, 3.63) is 35.9 Å². The average molecular weight is 316 g/mol. The SMILES string of the molecule is CCOC(=O)CC(=O)C[C@@H](CCc1ccccc1)C(F)(F)F. The lowest BCUT2D eigenvalue weighted by Gasteiger charge is -2.19. The zero-order valence-corrected chi connectivity index (χ0v) is 12.4. The van der Waals surface area contributed by atoms with Crippen LogP contribution in [0.1, 0.15) is 31.7 Å². The summed E-state index contributed by atoms with van der Waals surface area (Å²) >= 11 is 0. The lowest BCUT2D eigenvalue weighted by atomic mass is 9.93. The Morgan fingerprint density at radius 1 is 1.18 bits per heavy atom. The molecule has 0 aliphatic heterocycles. The summed E-state index contributed by atoms with van der Waals surface area (Å²) in [5.74, 6) is -3.26. The fraction of sp³-hybridized carbons (Fsp3) is 0.500. The summed E-state index contributed by atoms with van der Waals surface area (Å²) in [6, 6.07) is 8.78. The molecule has 0 fully saturated rings. The van der Waals surface area contributed by atoms with Crippen molar-refractivity contribution in [2.45, 2.75) is 38.8 Å². The largest absolute Gasteiger partial charge is 0.466 e. The predicted octanol–water partition coefficient (Wildman–Crippen LogP) is 3.71. The maximum atomic E-state index is 13.0. The summed E-state index contributed by atoms with van der Waals surface area (Å²) < 4.78 is 43.6. The van der Waals surface area contributed by atoms with Crippen molar-refractivity contribution in [3.63, 3.8) is 0 Å². The Hall–Kier alpha value is -1.85. The van der Waals surface area contributed by atoms with Crippen LogP contribution in [0.3, 0.4) is 0 Å². The molecule has 1 aromatic carbocycles. The van der Waals surface area contributed by atoms with Crippen molar-refractivity contribution in [3.8, 4) is 0 Å². The number of rotatable bonds is 8. The van der Waals surface area contributed by atoms with Gasteiger partial charge in [-0.15, -0.1) is 0 Å². The van der Waals surface area contributed by atoms with Gasteiger partial charge in [0.25, 0.3) is 0 Å². The number of ketones is 1. The predicted molar refractivity (Wildman–Crippen MR) is 75.2 cm³/mol. The molecule has 0 unspecified atom stereocenters. The molecule has 1 aromatic rings. The van der Waals surface area contributed by atoms with E-state index in [-0.39, 0.29) is 19.4 Å². The molecule has 6 heteroatoms. The lowest BCUT2D eigenvalue weighted by Crippen LogP contribution is -2.27. The minimum Gasteiger partial charge on any atom is -0.466 e. The zero-order chi connectivity index (χ0) is 16.6. The van der Waals surface area contributed by atoms with E-state index in [9.17, 15) is 22.8 Å². The highest BCUT2D eigenvalue weighted by Gasteiger charge is 2.40. The Morgan fingerprint density at radius 2 is 1.82 bits per heavy atom. The molecule has 0 radical (unpaired) electrons. The van der Waals surface area contributed by atoms with Gasteiger partial charge in [-0.25, -0.2) is 0 Å². The van der Waals surface area contributed by atoms with Crippen LogP contribution >= 0.6 is 0 Å². The van der Waals surface area contributed by atoms with E-state index >= 15 is 0 Å². The van der Waals surface area contributed by atoms with E-state index in [2.05, 4.69) is 4.74 Å². The number of hydrogen-bond donors (Lipinski definition) is 0. The van der Waals surface area contributed by atoms with Gasteiger partial charge in [0.15, 0.2) is 0 Å². The minimum atomic E-state index is -4.46. The number of halogens is 3. The molecule has 0 bridgehead atoms. The highest BCUT2D eigenvalue weighted by Crippen LogP contribution is 2.33. The Bertz CT molecular complexity index is 483. The number of ether oxygens (including phenoxy) is 1. The van der Waals surface area contributed by atoms with E-state index in [4.69, 9.17) is 0 Å². The molecule has 0 spiro atoms. The maximum Gasteiger partial charge on any atom is 0.392 e. The number of aryl methyl sites for hydroxylation is 1. The molecule has 0 saturated carbocycles. The molecule has 0 heterocycles. The van der Waals surface area contributed by atoms with Gasteiger partial charge < -0.3 is 4.74 Å². The third-order valence-corrected chi connectivity index (χ3v) is 3.21. The topological polar surface area (TPSA) is 43.4 Å². The number of carbonyl (C=O) groups excluding carboxylic acids is 2. The number of Topliss-reactive ketones (excluding diaryl/α,β-unsaturated/α-hetero) is 1. The van der Waals surface area contributed by atoms with Gasteiger partial charge in [-0.1, -0.05) is 30.3 Å². The van der Waals surface area contributed by atoms with Gasteiger partial charge >= 0.3 is 12.1 Å². The molecule has 1 rings (SSSR count). The normalized spacial score (nSPS) is 12.7. The first-order valence-corrected chi connectivity index (χ1v) is 7.11. The van der Waals surface area contributed by atoms with E-state index in [1.165, 1.54) is 0 Å². The molecule has 0 amide bonds. The van der Waals surface area contributed by atoms with Gasteiger partial charge in [0.05, 0.1) is 12.5 Å². The summed E-state index contributed by atoms with van der Waals surface area (Å²) in [5.41, 5.74) is 0.787. The van der Waals surface area contributed by atoms with E-state index in [1.54, 1.807) is 37.3 Å². The summed E-state index contributed by atoms with van der Waals surface area (Å²) in [6.45, 7) is 1.67. The van der Waals surface area contributed by atoms with E-state index < -0.39 is 36.7 Å². The molecule has 122 valence electrons. The molecule has 22 heavy (non-hydrogen) atoms. The fourth-order valence-electron chi connectivity index (χ4n) is 2.09. The smallest absolute Gasteiger partial charge is 0.392 e. The first-order chi connectivity index (χ1) is 10.3. The zero-order valence-electron chi connectivity index (χ0n) is 12.4. The first-order valence-electron chi connectivity index (χ1n) is 7.11. The summed E-state index contributed by atoms with van der Waals surface area (Å²) in [7, 11) is 0. The summed E-state index contributed by atoms with van der Waals surface area (Å²) in [4.78, 5) is 22.7. The molecule has 3 nitrogen and oxygen atoms in total. The number of carbonyl (C=O) groups is 2. The van der Waals surface area contributed by atoms with Crippen LogP contribution < -0.4 is 0 Å². The van der Waals surface area contributed by atoms with Crippen molar-refractivity contribution in [1.29, 1.82) is 0 Å². The molecule has 1 atom stereocenters. The summed E-state index contributed by atoms with van der Waals surface area (Å²) in [5, 5.41) is 0. The van der Waals surface area contributed by atoms with Gasteiger partial charge in [-0.05, 0) is 25.3 Å². The average Bonchev–Trinajstić information content (AvgIpc) is 2.43. The third kappa shape index (κ3) is 6.74. The number of benzene rings is 1. The fourth-order valence-corrected chi connectivity index (χ4v) is 2.09. The minimum absolute atomic E-state index is 0.100. The van der Waals surface area contributed by atoms with E-state index in [0.29, 0.717) is 0 Å². The van der Waals surface area contributed by atoms with Crippen molar-refractivity contribution in [2.75, 3.05) is 6.61 Å². The van der Waals surface area contributed by atoms with Gasteiger partial charge in [0, 0.05) is 6.42 Å². The number of hydrogen-bond acceptors (Lipinski definition) is 3. The second-order valence-corrected chi connectivity index (χ2v) is 4.99. The monoisotopic (exact) mass is 316 g/mol. The Balaban J connectivity index is 2.58. The molecule has 0 aliphatic rings. The van der Waals surface area contributed by atoms with Crippen molar-refractivity contribution < 1.29 is 27.5 Å². The second kappa shape index (κ2) is 8.56. The van der Waals surface area contributed by atoms with Gasteiger partial charge in [-0.3, -0.25) is 9.59 Å². The van der Waals surface area contributed by atoms with Crippen molar-refractivity contribution in [2.24, 2.45) is 5.92 Å². The quantitative estimate of drug-likeness (QED) is 0.542. The third-order valence-electron chi connectivity index (χ3n) is 3.21. The van der Waals surface area contributed by atoms with Crippen LogP contribution in [-0.4, -0.2) is 24.5 Å². The maximum absolute atomic E-state index is 13.0. The van der Waals surface area contributed by atoms with Gasteiger partial charge in [-0.2, -0.15) is 13.2 Å². The van der Waals surface area contributed by atoms with Crippen LogP contribution in [-0.2, 0) is 20.7 Å². The second-order valence-electron chi connectivity index (χ2n) is 4.99. The highest BCUT2D eigenvalue weighted by atomic mass is 19.4. The Morgan fingerprint density at radius 3 is 2.36 bits per heavy atom. The van der Waals surface area contributed by atoms with E-state index in [0.717, 1.165) is 5.56 Å².